The minimum atomic E-state index is -0.290. The predicted molar refractivity (Wildman–Crippen MR) is 82.1 cm³/mol. The van der Waals surface area contributed by atoms with E-state index in [1.165, 1.54) is 12.1 Å². The molecular formula is C15H22ClFN2O2. The van der Waals surface area contributed by atoms with Crippen molar-refractivity contribution in [1.82, 2.24) is 4.90 Å². The van der Waals surface area contributed by atoms with Gasteiger partial charge in [0.1, 0.15) is 18.2 Å². The minimum Gasteiger partial charge on any atom is -0.492 e. The Bertz CT molecular complexity index is 455. The molecule has 21 heavy (non-hydrogen) atoms. The molecule has 0 bridgehead atoms. The highest BCUT2D eigenvalue weighted by Gasteiger charge is 2.29. The van der Waals surface area contributed by atoms with Crippen molar-refractivity contribution in [2.75, 3.05) is 20.2 Å². The Balaban J connectivity index is 0.00000220. The number of halogens is 2. The zero-order valence-electron chi connectivity index (χ0n) is 12.1. The number of rotatable bonds is 5. The van der Waals surface area contributed by atoms with E-state index in [4.69, 9.17) is 10.5 Å². The SMILES string of the molecule is CN(CCOc1ccc(F)cc1)C(=O)C1CCC(N)C1.Cl. The van der Waals surface area contributed by atoms with E-state index in [0.29, 0.717) is 18.9 Å². The molecule has 0 aliphatic heterocycles. The molecule has 1 aromatic carbocycles. The van der Waals surface area contributed by atoms with Crippen LogP contribution in [0, 0.1) is 11.7 Å². The van der Waals surface area contributed by atoms with Crippen molar-refractivity contribution >= 4 is 18.3 Å². The molecule has 0 spiro atoms. The van der Waals surface area contributed by atoms with E-state index in [0.717, 1.165) is 19.3 Å². The van der Waals surface area contributed by atoms with Gasteiger partial charge in [0.05, 0.1) is 6.54 Å². The number of likely N-dealkylation sites (N-methyl/N-ethyl adjacent to an activating group) is 1. The van der Waals surface area contributed by atoms with Gasteiger partial charge in [0.15, 0.2) is 0 Å². The average molecular weight is 317 g/mol. The zero-order valence-corrected chi connectivity index (χ0v) is 12.9. The monoisotopic (exact) mass is 316 g/mol. The summed E-state index contributed by atoms with van der Waals surface area (Å²) in [7, 11) is 1.78. The lowest BCUT2D eigenvalue weighted by Crippen LogP contribution is -2.35. The first-order valence-electron chi connectivity index (χ1n) is 6.95. The van der Waals surface area contributed by atoms with E-state index in [1.54, 1.807) is 24.1 Å². The van der Waals surface area contributed by atoms with Crippen molar-refractivity contribution in [2.24, 2.45) is 11.7 Å². The highest BCUT2D eigenvalue weighted by molar-refractivity contribution is 5.85. The lowest BCUT2D eigenvalue weighted by atomic mass is 10.1. The maximum atomic E-state index is 12.7. The van der Waals surface area contributed by atoms with Crippen LogP contribution in [0.2, 0.25) is 0 Å². The molecule has 2 unspecified atom stereocenters. The molecule has 1 fully saturated rings. The number of amides is 1. The van der Waals surface area contributed by atoms with Gasteiger partial charge in [0.25, 0.3) is 0 Å². The summed E-state index contributed by atoms with van der Waals surface area (Å²) in [5, 5.41) is 0. The fraction of sp³-hybridized carbons (Fsp3) is 0.533. The van der Waals surface area contributed by atoms with Crippen molar-refractivity contribution in [3.05, 3.63) is 30.1 Å². The van der Waals surface area contributed by atoms with Gasteiger partial charge in [-0.25, -0.2) is 4.39 Å². The Kier molecular flexibility index (Phi) is 6.92. The molecule has 0 aromatic heterocycles. The van der Waals surface area contributed by atoms with E-state index >= 15 is 0 Å². The second-order valence-electron chi connectivity index (χ2n) is 5.33. The Morgan fingerprint density at radius 3 is 2.62 bits per heavy atom. The first kappa shape index (κ1) is 17.7. The van der Waals surface area contributed by atoms with Crippen LogP contribution in [0.25, 0.3) is 0 Å². The van der Waals surface area contributed by atoms with Gasteiger partial charge >= 0.3 is 0 Å². The van der Waals surface area contributed by atoms with Gasteiger partial charge in [0.2, 0.25) is 5.91 Å². The lowest BCUT2D eigenvalue weighted by Gasteiger charge is -2.21. The molecule has 2 N–H and O–H groups in total. The second-order valence-corrected chi connectivity index (χ2v) is 5.33. The van der Waals surface area contributed by atoms with E-state index in [2.05, 4.69) is 0 Å². The summed E-state index contributed by atoms with van der Waals surface area (Å²) in [5.74, 6) is 0.513. The zero-order chi connectivity index (χ0) is 14.5. The molecular weight excluding hydrogens is 295 g/mol. The van der Waals surface area contributed by atoms with E-state index in [-0.39, 0.29) is 36.1 Å². The maximum Gasteiger partial charge on any atom is 0.225 e. The van der Waals surface area contributed by atoms with Crippen LogP contribution in [0.3, 0.4) is 0 Å². The van der Waals surface area contributed by atoms with Crippen LogP contribution in [0.5, 0.6) is 5.75 Å². The van der Waals surface area contributed by atoms with Gasteiger partial charge in [-0.05, 0) is 43.5 Å². The fourth-order valence-corrected chi connectivity index (χ4v) is 2.49. The molecule has 1 amide bonds. The number of hydrogen-bond acceptors (Lipinski definition) is 3. The Hall–Kier alpha value is -1.33. The van der Waals surface area contributed by atoms with Crippen molar-refractivity contribution < 1.29 is 13.9 Å². The Morgan fingerprint density at radius 1 is 1.38 bits per heavy atom. The van der Waals surface area contributed by atoms with Crippen LogP contribution in [0.4, 0.5) is 4.39 Å². The molecule has 0 heterocycles. The van der Waals surface area contributed by atoms with Gasteiger partial charge in [-0.15, -0.1) is 12.4 Å². The molecule has 2 rings (SSSR count). The number of nitrogens with two attached hydrogens (primary N) is 1. The first-order chi connectivity index (χ1) is 9.56. The number of hydrogen-bond donors (Lipinski definition) is 1. The quantitative estimate of drug-likeness (QED) is 0.906. The molecule has 0 saturated heterocycles. The van der Waals surface area contributed by atoms with Crippen LogP contribution in [0.15, 0.2) is 24.3 Å². The standard InChI is InChI=1S/C15H21FN2O2.ClH/c1-18(15(19)11-2-5-13(17)10-11)8-9-20-14-6-3-12(16)4-7-14;/h3-4,6-7,11,13H,2,5,8-10,17H2,1H3;1H. The Labute approximate surface area is 130 Å². The number of nitrogens with zero attached hydrogens (tertiary/aromatic N) is 1. The van der Waals surface area contributed by atoms with Gasteiger partial charge < -0.3 is 15.4 Å². The molecule has 1 aromatic rings. The summed E-state index contributed by atoms with van der Waals surface area (Å²) in [6.07, 6.45) is 2.58. The van der Waals surface area contributed by atoms with Crippen LogP contribution in [-0.2, 0) is 4.79 Å². The van der Waals surface area contributed by atoms with E-state index in [1.807, 2.05) is 0 Å². The third-order valence-corrected chi connectivity index (χ3v) is 3.71. The molecule has 1 aliphatic carbocycles. The number of carbonyl (C=O) groups is 1. The maximum absolute atomic E-state index is 12.7. The average Bonchev–Trinajstić information content (AvgIpc) is 2.86. The predicted octanol–water partition coefficient (Wildman–Crippen LogP) is 2.21. The topological polar surface area (TPSA) is 55.6 Å². The Morgan fingerprint density at radius 2 is 2.05 bits per heavy atom. The largest absolute Gasteiger partial charge is 0.492 e. The van der Waals surface area contributed by atoms with Gasteiger partial charge in [-0.2, -0.15) is 0 Å². The van der Waals surface area contributed by atoms with Crippen LogP contribution < -0.4 is 10.5 Å². The van der Waals surface area contributed by atoms with Crippen molar-refractivity contribution in [3.63, 3.8) is 0 Å². The van der Waals surface area contributed by atoms with E-state index < -0.39 is 0 Å². The second kappa shape index (κ2) is 8.20. The van der Waals surface area contributed by atoms with Crippen molar-refractivity contribution in [2.45, 2.75) is 25.3 Å². The summed E-state index contributed by atoms with van der Waals surface area (Å²) in [5.41, 5.74) is 5.83. The lowest BCUT2D eigenvalue weighted by molar-refractivity contribution is -0.134. The summed E-state index contributed by atoms with van der Waals surface area (Å²) < 4.78 is 18.2. The summed E-state index contributed by atoms with van der Waals surface area (Å²) >= 11 is 0. The van der Waals surface area contributed by atoms with Crippen molar-refractivity contribution in [1.29, 1.82) is 0 Å². The molecule has 0 radical (unpaired) electrons. The molecule has 2 atom stereocenters. The van der Waals surface area contributed by atoms with Gasteiger partial charge in [-0.3, -0.25) is 4.79 Å². The van der Waals surface area contributed by atoms with Crippen LogP contribution in [-0.4, -0.2) is 37.0 Å². The van der Waals surface area contributed by atoms with Crippen LogP contribution in [0.1, 0.15) is 19.3 Å². The summed E-state index contributed by atoms with van der Waals surface area (Å²) in [6, 6.07) is 6.02. The first-order valence-corrected chi connectivity index (χ1v) is 6.95. The van der Waals surface area contributed by atoms with Gasteiger partial charge in [-0.1, -0.05) is 0 Å². The smallest absolute Gasteiger partial charge is 0.225 e. The summed E-state index contributed by atoms with van der Waals surface area (Å²) in [4.78, 5) is 13.8. The molecule has 6 heteroatoms. The minimum absolute atomic E-state index is 0. The van der Waals surface area contributed by atoms with E-state index in [9.17, 15) is 9.18 Å². The summed E-state index contributed by atoms with van der Waals surface area (Å²) in [6.45, 7) is 0.911. The number of ether oxygens (including phenoxy) is 1. The normalized spacial score (nSPS) is 20.7. The molecule has 1 aliphatic rings. The van der Waals surface area contributed by atoms with Crippen molar-refractivity contribution in [3.8, 4) is 5.75 Å². The fourth-order valence-electron chi connectivity index (χ4n) is 2.49. The highest BCUT2D eigenvalue weighted by Crippen LogP contribution is 2.25. The van der Waals surface area contributed by atoms with Gasteiger partial charge in [0, 0.05) is 19.0 Å². The number of carbonyl (C=O) groups excluding carboxylic acids is 1. The molecule has 1 saturated carbocycles. The molecule has 118 valence electrons. The van der Waals surface area contributed by atoms with Crippen LogP contribution >= 0.6 is 12.4 Å². The highest BCUT2D eigenvalue weighted by atomic mass is 35.5. The third-order valence-electron chi connectivity index (χ3n) is 3.71. The number of benzene rings is 1. The third kappa shape index (κ3) is 5.17. The molecule has 4 nitrogen and oxygen atoms in total.